The lowest BCUT2D eigenvalue weighted by molar-refractivity contribution is -0.0246. The molecule has 2 aromatic rings. The summed E-state index contributed by atoms with van der Waals surface area (Å²) in [7, 11) is 0. The lowest BCUT2D eigenvalue weighted by Crippen LogP contribution is -2.45. The summed E-state index contributed by atoms with van der Waals surface area (Å²) in [5.74, 6) is 0.668. The van der Waals surface area contributed by atoms with Crippen LogP contribution in [0.25, 0.3) is 0 Å². The highest BCUT2D eigenvalue weighted by Gasteiger charge is 2.25. The number of nitrogens with zero attached hydrogens (tertiary/aromatic N) is 2. The van der Waals surface area contributed by atoms with Crippen molar-refractivity contribution >= 4 is 11.7 Å². The maximum absolute atomic E-state index is 12.9. The van der Waals surface area contributed by atoms with Gasteiger partial charge in [0.2, 0.25) is 0 Å². The summed E-state index contributed by atoms with van der Waals surface area (Å²) < 4.78 is 5.88. The Bertz CT molecular complexity index is 806. The highest BCUT2D eigenvalue weighted by molar-refractivity contribution is 5.94. The topological polar surface area (TPSA) is 68.5 Å². The van der Waals surface area contributed by atoms with E-state index in [0.29, 0.717) is 25.5 Å². The second kappa shape index (κ2) is 7.46. The molecule has 4 rings (SSSR count). The van der Waals surface area contributed by atoms with Crippen LogP contribution in [0.5, 0.6) is 0 Å². The molecule has 1 fully saturated rings. The van der Waals surface area contributed by atoms with Gasteiger partial charge in [0.05, 0.1) is 12.7 Å². The number of aromatic nitrogens is 1. The van der Waals surface area contributed by atoms with Crippen LogP contribution in [0.15, 0.2) is 36.5 Å². The number of pyridine rings is 1. The minimum atomic E-state index is 0.0662. The van der Waals surface area contributed by atoms with Crippen molar-refractivity contribution in [2.75, 3.05) is 25.4 Å². The molecule has 0 bridgehead atoms. The second-order valence-corrected chi connectivity index (χ2v) is 7.21. The first-order valence-electron chi connectivity index (χ1n) is 9.42. The van der Waals surface area contributed by atoms with Crippen molar-refractivity contribution in [1.82, 2.24) is 9.88 Å². The Hall–Kier alpha value is -2.40. The smallest absolute Gasteiger partial charge is 0.254 e. The van der Waals surface area contributed by atoms with Crippen LogP contribution in [0.1, 0.15) is 39.9 Å². The van der Waals surface area contributed by atoms with E-state index in [4.69, 9.17) is 10.5 Å². The maximum Gasteiger partial charge on any atom is 0.254 e. The molecule has 1 atom stereocenters. The Kier molecular flexibility index (Phi) is 4.89. The van der Waals surface area contributed by atoms with Crippen molar-refractivity contribution in [2.24, 2.45) is 0 Å². The maximum atomic E-state index is 12.9. The van der Waals surface area contributed by atoms with E-state index < -0.39 is 0 Å². The van der Waals surface area contributed by atoms with Crippen molar-refractivity contribution in [3.63, 3.8) is 0 Å². The number of aryl methyl sites for hydroxylation is 3. The SMILES string of the molecule is Nc1cc(CC[C@H]2CN(C(=O)c3ccc4c(c3)CCC4)CCO2)ccn1. The second-order valence-electron chi connectivity index (χ2n) is 7.21. The number of nitrogen functional groups attached to an aromatic ring is 1. The Labute approximate surface area is 154 Å². The average molecular weight is 351 g/mol. The summed E-state index contributed by atoms with van der Waals surface area (Å²) in [5, 5.41) is 0. The van der Waals surface area contributed by atoms with Gasteiger partial charge in [-0.15, -0.1) is 0 Å². The fraction of sp³-hybridized carbons (Fsp3) is 0.429. The number of rotatable bonds is 4. The minimum absolute atomic E-state index is 0.0662. The number of ether oxygens (including phenoxy) is 1. The minimum Gasteiger partial charge on any atom is -0.384 e. The van der Waals surface area contributed by atoms with Gasteiger partial charge in [-0.05, 0) is 73.1 Å². The van der Waals surface area contributed by atoms with Crippen molar-refractivity contribution in [1.29, 1.82) is 0 Å². The van der Waals surface area contributed by atoms with Crippen LogP contribution in [0.2, 0.25) is 0 Å². The predicted octanol–water partition coefficient (Wildman–Crippen LogP) is 2.63. The standard InChI is InChI=1S/C21H25N3O2/c22-20-12-15(8-9-23-20)4-7-19-14-24(10-11-26-19)21(25)18-6-5-16-2-1-3-17(16)13-18/h5-6,8-9,12-13,19H,1-4,7,10-11,14H2,(H2,22,23)/t19-/m0/s1. The number of carbonyl (C=O) groups is 1. The number of nitrogens with two attached hydrogens (primary N) is 1. The lowest BCUT2D eigenvalue weighted by Gasteiger charge is -2.33. The van der Waals surface area contributed by atoms with Crippen LogP contribution in [-0.4, -0.2) is 41.6 Å². The monoisotopic (exact) mass is 351 g/mol. The predicted molar refractivity (Wildman–Crippen MR) is 101 cm³/mol. The molecule has 136 valence electrons. The summed E-state index contributed by atoms with van der Waals surface area (Å²) >= 11 is 0. The molecule has 0 saturated carbocycles. The molecular formula is C21H25N3O2. The highest BCUT2D eigenvalue weighted by Crippen LogP contribution is 2.24. The first-order valence-corrected chi connectivity index (χ1v) is 9.42. The van der Waals surface area contributed by atoms with Crippen LogP contribution in [-0.2, 0) is 24.0 Å². The summed E-state index contributed by atoms with van der Waals surface area (Å²) in [4.78, 5) is 18.9. The molecule has 1 saturated heterocycles. The van der Waals surface area contributed by atoms with Gasteiger partial charge in [0.15, 0.2) is 0 Å². The molecule has 1 aromatic heterocycles. The number of benzene rings is 1. The molecule has 0 spiro atoms. The van der Waals surface area contributed by atoms with Crippen molar-refractivity contribution in [3.05, 3.63) is 58.8 Å². The molecule has 1 amide bonds. The van der Waals surface area contributed by atoms with Crippen molar-refractivity contribution in [3.8, 4) is 0 Å². The molecular weight excluding hydrogens is 326 g/mol. The van der Waals surface area contributed by atoms with Gasteiger partial charge in [-0.3, -0.25) is 4.79 Å². The van der Waals surface area contributed by atoms with Gasteiger partial charge in [-0.25, -0.2) is 4.98 Å². The van der Waals surface area contributed by atoms with E-state index >= 15 is 0 Å². The lowest BCUT2D eigenvalue weighted by atomic mass is 10.0. The summed E-state index contributed by atoms with van der Waals surface area (Å²) in [6.45, 7) is 1.91. The third-order valence-corrected chi connectivity index (χ3v) is 5.37. The Morgan fingerprint density at radius 3 is 3.00 bits per heavy atom. The fourth-order valence-electron chi connectivity index (χ4n) is 3.94. The van der Waals surface area contributed by atoms with E-state index in [0.717, 1.165) is 36.8 Å². The number of carbonyl (C=O) groups excluding carboxylic acids is 1. The number of anilines is 1. The van der Waals surface area contributed by atoms with E-state index in [-0.39, 0.29) is 12.0 Å². The molecule has 0 radical (unpaired) electrons. The molecule has 5 heteroatoms. The van der Waals surface area contributed by atoms with E-state index in [1.165, 1.54) is 17.5 Å². The van der Waals surface area contributed by atoms with Gasteiger partial charge >= 0.3 is 0 Å². The van der Waals surface area contributed by atoms with E-state index in [9.17, 15) is 4.79 Å². The third-order valence-electron chi connectivity index (χ3n) is 5.37. The number of morpholine rings is 1. The van der Waals surface area contributed by atoms with E-state index in [2.05, 4.69) is 17.1 Å². The first kappa shape index (κ1) is 17.0. The van der Waals surface area contributed by atoms with Gasteiger partial charge in [-0.1, -0.05) is 6.07 Å². The zero-order valence-electron chi connectivity index (χ0n) is 15.0. The molecule has 0 unspecified atom stereocenters. The Balaban J connectivity index is 1.37. The van der Waals surface area contributed by atoms with Gasteiger partial charge < -0.3 is 15.4 Å². The fourth-order valence-corrected chi connectivity index (χ4v) is 3.94. The van der Waals surface area contributed by atoms with Crippen LogP contribution in [0.4, 0.5) is 5.82 Å². The molecule has 2 N–H and O–H groups in total. The third kappa shape index (κ3) is 3.73. The van der Waals surface area contributed by atoms with Crippen molar-refractivity contribution in [2.45, 2.75) is 38.2 Å². The van der Waals surface area contributed by atoms with Crippen LogP contribution in [0, 0.1) is 0 Å². The highest BCUT2D eigenvalue weighted by atomic mass is 16.5. The molecule has 1 aliphatic carbocycles. The molecule has 1 aliphatic heterocycles. The molecule has 1 aromatic carbocycles. The zero-order chi connectivity index (χ0) is 17.9. The normalized spacial score (nSPS) is 19.4. The first-order chi connectivity index (χ1) is 12.7. The van der Waals surface area contributed by atoms with E-state index in [1.54, 1.807) is 6.20 Å². The molecule has 2 heterocycles. The molecule has 2 aliphatic rings. The van der Waals surface area contributed by atoms with Gasteiger partial charge in [0.25, 0.3) is 5.91 Å². The molecule has 26 heavy (non-hydrogen) atoms. The summed E-state index contributed by atoms with van der Waals surface area (Å²) in [5.41, 5.74) is 10.5. The van der Waals surface area contributed by atoms with Gasteiger partial charge in [0, 0.05) is 24.8 Å². The van der Waals surface area contributed by atoms with Crippen LogP contribution in [0.3, 0.4) is 0 Å². The van der Waals surface area contributed by atoms with Crippen molar-refractivity contribution < 1.29 is 9.53 Å². The zero-order valence-corrected chi connectivity index (χ0v) is 15.0. The Morgan fingerprint density at radius 1 is 1.23 bits per heavy atom. The van der Waals surface area contributed by atoms with Gasteiger partial charge in [0.1, 0.15) is 5.82 Å². The number of fused-ring (bicyclic) bond motifs is 1. The number of hydrogen-bond acceptors (Lipinski definition) is 4. The van der Waals surface area contributed by atoms with Gasteiger partial charge in [-0.2, -0.15) is 0 Å². The average Bonchev–Trinajstić information content (AvgIpc) is 3.14. The Morgan fingerprint density at radius 2 is 2.12 bits per heavy atom. The summed E-state index contributed by atoms with van der Waals surface area (Å²) in [6, 6.07) is 10.1. The number of hydrogen-bond donors (Lipinski definition) is 1. The largest absolute Gasteiger partial charge is 0.384 e. The molecule has 5 nitrogen and oxygen atoms in total. The van der Waals surface area contributed by atoms with E-state index in [1.807, 2.05) is 23.1 Å². The van der Waals surface area contributed by atoms with Crippen LogP contribution < -0.4 is 5.73 Å². The quantitative estimate of drug-likeness (QED) is 0.919. The van der Waals surface area contributed by atoms with Crippen LogP contribution >= 0.6 is 0 Å². The number of amides is 1. The summed E-state index contributed by atoms with van der Waals surface area (Å²) in [6.07, 6.45) is 6.98.